The molecular formula is C25H26N2O. The Balaban J connectivity index is 1.41. The van der Waals surface area contributed by atoms with Crippen molar-refractivity contribution in [2.75, 3.05) is 11.4 Å². The number of hydrogen-bond donors (Lipinski definition) is 1. The van der Waals surface area contributed by atoms with Crippen molar-refractivity contribution in [1.29, 1.82) is 0 Å². The lowest BCUT2D eigenvalue weighted by molar-refractivity contribution is 0.0940. The zero-order valence-electron chi connectivity index (χ0n) is 16.3. The quantitative estimate of drug-likeness (QED) is 0.675. The van der Waals surface area contributed by atoms with Crippen LogP contribution in [0.5, 0.6) is 0 Å². The summed E-state index contributed by atoms with van der Waals surface area (Å²) in [5.74, 6) is -0.0359. The first-order valence-corrected chi connectivity index (χ1v) is 9.98. The molecule has 3 aromatic rings. The van der Waals surface area contributed by atoms with Gasteiger partial charge in [0.05, 0.1) is 6.04 Å². The highest BCUT2D eigenvalue weighted by atomic mass is 16.1. The lowest BCUT2D eigenvalue weighted by atomic mass is 10.0. The van der Waals surface area contributed by atoms with E-state index in [0.717, 1.165) is 25.1 Å². The van der Waals surface area contributed by atoms with Gasteiger partial charge in [0.1, 0.15) is 0 Å². The minimum absolute atomic E-state index is 0.0155. The predicted octanol–water partition coefficient (Wildman–Crippen LogP) is 5.13. The highest BCUT2D eigenvalue weighted by Crippen LogP contribution is 2.28. The largest absolute Gasteiger partial charge is 0.367 e. The van der Waals surface area contributed by atoms with Crippen molar-refractivity contribution in [2.45, 2.75) is 32.4 Å². The Hall–Kier alpha value is -3.07. The number of amides is 1. The average Bonchev–Trinajstić information content (AvgIpc) is 2.75. The second-order valence-electron chi connectivity index (χ2n) is 7.46. The first kappa shape index (κ1) is 18.3. The molecule has 0 unspecified atom stereocenters. The van der Waals surface area contributed by atoms with Gasteiger partial charge in [0.25, 0.3) is 5.91 Å². The fourth-order valence-corrected chi connectivity index (χ4v) is 3.86. The summed E-state index contributed by atoms with van der Waals surface area (Å²) in [6.45, 7) is 3.96. The summed E-state index contributed by atoms with van der Waals surface area (Å²) in [6.07, 6.45) is 2.35. The molecule has 1 N–H and O–H groups in total. The van der Waals surface area contributed by atoms with Crippen molar-refractivity contribution in [1.82, 2.24) is 5.32 Å². The molecule has 0 aromatic heterocycles. The Morgan fingerprint density at radius 2 is 1.68 bits per heavy atom. The molecule has 0 radical (unpaired) electrons. The van der Waals surface area contributed by atoms with Gasteiger partial charge in [-0.15, -0.1) is 0 Å². The highest BCUT2D eigenvalue weighted by molar-refractivity contribution is 5.94. The lowest BCUT2D eigenvalue weighted by Gasteiger charge is -2.31. The number of benzene rings is 3. The summed E-state index contributed by atoms with van der Waals surface area (Å²) in [5, 5.41) is 3.08. The maximum atomic E-state index is 12.6. The van der Waals surface area contributed by atoms with Crippen molar-refractivity contribution >= 4 is 11.6 Å². The summed E-state index contributed by atoms with van der Waals surface area (Å²) in [7, 11) is 0. The van der Waals surface area contributed by atoms with Gasteiger partial charge >= 0.3 is 0 Å². The molecule has 0 bridgehead atoms. The number of hydrogen-bond acceptors (Lipinski definition) is 2. The van der Waals surface area contributed by atoms with E-state index in [1.807, 2.05) is 49.4 Å². The summed E-state index contributed by atoms with van der Waals surface area (Å²) < 4.78 is 0. The molecule has 0 saturated carbocycles. The molecule has 0 saturated heterocycles. The van der Waals surface area contributed by atoms with E-state index in [2.05, 4.69) is 46.6 Å². The monoisotopic (exact) mass is 370 g/mol. The summed E-state index contributed by atoms with van der Waals surface area (Å²) in [6, 6.07) is 26.7. The van der Waals surface area contributed by atoms with Gasteiger partial charge in [0, 0.05) is 24.3 Å². The van der Waals surface area contributed by atoms with Gasteiger partial charge in [-0.25, -0.2) is 0 Å². The number of carbonyl (C=O) groups excluding carboxylic acids is 1. The zero-order chi connectivity index (χ0) is 19.3. The average molecular weight is 370 g/mol. The number of nitrogens with zero attached hydrogens (tertiary/aromatic N) is 1. The van der Waals surface area contributed by atoms with Crippen LogP contribution in [-0.2, 0) is 13.0 Å². The molecule has 1 heterocycles. The molecule has 1 aliphatic heterocycles. The Labute approximate surface area is 167 Å². The lowest BCUT2D eigenvalue weighted by Crippen LogP contribution is -2.29. The van der Waals surface area contributed by atoms with Crippen LogP contribution >= 0.6 is 0 Å². The summed E-state index contributed by atoms with van der Waals surface area (Å²) >= 11 is 0. The third-order valence-corrected chi connectivity index (χ3v) is 5.44. The van der Waals surface area contributed by atoms with E-state index in [0.29, 0.717) is 5.56 Å². The van der Waals surface area contributed by atoms with Gasteiger partial charge in [-0.05, 0) is 54.7 Å². The predicted molar refractivity (Wildman–Crippen MR) is 115 cm³/mol. The molecule has 1 amide bonds. The molecule has 1 aliphatic rings. The zero-order valence-corrected chi connectivity index (χ0v) is 16.3. The van der Waals surface area contributed by atoms with Gasteiger partial charge in [0.15, 0.2) is 0 Å². The minimum Gasteiger partial charge on any atom is -0.367 e. The second-order valence-corrected chi connectivity index (χ2v) is 7.46. The van der Waals surface area contributed by atoms with Gasteiger partial charge in [-0.3, -0.25) is 4.79 Å². The van der Waals surface area contributed by atoms with Crippen LogP contribution in [0.2, 0.25) is 0 Å². The van der Waals surface area contributed by atoms with Gasteiger partial charge in [-0.1, -0.05) is 60.7 Å². The number of nitrogens with one attached hydrogen (secondary N) is 1. The fraction of sp³-hybridized carbons (Fsp3) is 0.240. The molecule has 0 spiro atoms. The van der Waals surface area contributed by atoms with Crippen LogP contribution < -0.4 is 10.2 Å². The van der Waals surface area contributed by atoms with Gasteiger partial charge in [0.2, 0.25) is 0 Å². The van der Waals surface area contributed by atoms with E-state index in [1.165, 1.54) is 23.2 Å². The van der Waals surface area contributed by atoms with Crippen molar-refractivity contribution in [3.63, 3.8) is 0 Å². The van der Waals surface area contributed by atoms with E-state index < -0.39 is 0 Å². The number of anilines is 1. The Kier molecular flexibility index (Phi) is 5.43. The van der Waals surface area contributed by atoms with E-state index in [-0.39, 0.29) is 11.9 Å². The standard InChI is InChI=1S/C25H26N2O/c1-19(21-8-3-2-4-9-21)26-25(28)23-15-13-20(14-16-23)18-27-17-7-11-22-10-5-6-12-24(22)27/h2-6,8-10,12-16,19H,7,11,17-18H2,1H3,(H,26,28)/t19-/m0/s1. The number of fused-ring (bicyclic) bond motifs is 1. The molecule has 4 rings (SSSR count). The highest BCUT2D eigenvalue weighted by Gasteiger charge is 2.17. The molecule has 0 fully saturated rings. The Morgan fingerprint density at radius 1 is 0.964 bits per heavy atom. The van der Waals surface area contributed by atoms with Crippen molar-refractivity contribution in [3.05, 3.63) is 101 Å². The van der Waals surface area contributed by atoms with Crippen LogP contribution in [0.15, 0.2) is 78.9 Å². The van der Waals surface area contributed by atoms with Gasteiger partial charge in [-0.2, -0.15) is 0 Å². The topological polar surface area (TPSA) is 32.3 Å². The molecule has 3 nitrogen and oxygen atoms in total. The van der Waals surface area contributed by atoms with E-state index in [1.54, 1.807) is 0 Å². The van der Waals surface area contributed by atoms with Gasteiger partial charge < -0.3 is 10.2 Å². The minimum atomic E-state index is -0.0359. The number of carbonyl (C=O) groups is 1. The maximum absolute atomic E-state index is 12.6. The molecule has 3 aromatic carbocycles. The summed E-state index contributed by atoms with van der Waals surface area (Å²) in [4.78, 5) is 15.0. The molecule has 142 valence electrons. The molecule has 28 heavy (non-hydrogen) atoms. The number of aryl methyl sites for hydroxylation is 1. The second kappa shape index (κ2) is 8.30. The molecule has 3 heteroatoms. The van der Waals surface area contributed by atoms with E-state index in [4.69, 9.17) is 0 Å². The Morgan fingerprint density at radius 3 is 2.46 bits per heavy atom. The Bertz CT molecular complexity index is 934. The fourth-order valence-electron chi connectivity index (χ4n) is 3.86. The van der Waals surface area contributed by atoms with Crippen molar-refractivity contribution in [3.8, 4) is 0 Å². The van der Waals surface area contributed by atoms with Crippen molar-refractivity contribution in [2.24, 2.45) is 0 Å². The normalized spacial score (nSPS) is 14.2. The molecule has 1 atom stereocenters. The molecule has 0 aliphatic carbocycles. The summed E-state index contributed by atoms with van der Waals surface area (Å²) in [5.41, 5.74) is 5.80. The third kappa shape index (κ3) is 4.09. The van der Waals surface area contributed by atoms with Crippen LogP contribution in [0.4, 0.5) is 5.69 Å². The van der Waals surface area contributed by atoms with E-state index in [9.17, 15) is 4.79 Å². The SMILES string of the molecule is C[C@H](NC(=O)c1ccc(CN2CCCc3ccccc32)cc1)c1ccccc1. The first-order valence-electron chi connectivity index (χ1n) is 9.98. The van der Waals surface area contributed by atoms with Crippen molar-refractivity contribution < 1.29 is 4.79 Å². The van der Waals surface area contributed by atoms with Crippen LogP contribution in [0.3, 0.4) is 0 Å². The van der Waals surface area contributed by atoms with E-state index >= 15 is 0 Å². The smallest absolute Gasteiger partial charge is 0.251 e. The van der Waals surface area contributed by atoms with Crippen LogP contribution in [0.25, 0.3) is 0 Å². The molecular weight excluding hydrogens is 344 g/mol. The van der Waals surface area contributed by atoms with Crippen LogP contribution in [0, 0.1) is 0 Å². The number of para-hydroxylation sites is 1. The van der Waals surface area contributed by atoms with Crippen LogP contribution in [-0.4, -0.2) is 12.5 Å². The maximum Gasteiger partial charge on any atom is 0.251 e. The third-order valence-electron chi connectivity index (χ3n) is 5.44. The number of rotatable bonds is 5. The van der Waals surface area contributed by atoms with Crippen LogP contribution in [0.1, 0.15) is 46.4 Å². The first-order chi connectivity index (χ1) is 13.7.